The molecule has 3 saturated carbocycles. The van der Waals surface area contributed by atoms with E-state index in [0.717, 1.165) is 42.3 Å². The third-order valence-electron chi connectivity index (χ3n) is 9.98. The van der Waals surface area contributed by atoms with Gasteiger partial charge in [0.1, 0.15) is 11.4 Å². The predicted octanol–water partition coefficient (Wildman–Crippen LogP) is 4.67. The quantitative estimate of drug-likeness (QED) is 0.602. The van der Waals surface area contributed by atoms with Crippen LogP contribution in [0.5, 0.6) is 0 Å². The Morgan fingerprint density at radius 3 is 2.77 bits per heavy atom. The standard InChI is InChI=1S/C28H32N2O4S/c1-26-11-9-17(31)13-16(26)7-8-18-19-10-12-28(34,27(19,2)14-22(32)24(18)26)23(33)15-35-25-29-20-5-3-4-6-21(20)30-25/h3-6,13,18-19,24,34H,7-12,14-15H2,1-2H3,(H,29,30)/t18?,19?,24?,26?,27?,28-/m0/s1. The SMILES string of the molecule is CC12CCC(=O)C=C1CCC1C2C(=O)CC2(C)C1CC[C@]2(O)C(=O)CSc1nc2ccccc2[nH]1. The van der Waals surface area contributed by atoms with Crippen LogP contribution in [0.15, 0.2) is 41.1 Å². The minimum absolute atomic E-state index is 0.115. The number of allylic oxidation sites excluding steroid dienone is 1. The Bertz CT molecular complexity index is 1250. The molecule has 0 spiro atoms. The molecular formula is C28H32N2O4S. The molecule has 0 radical (unpaired) electrons. The number of para-hydroxylation sites is 2. The maximum Gasteiger partial charge on any atom is 0.175 e. The third-order valence-corrected chi connectivity index (χ3v) is 10.8. The highest BCUT2D eigenvalue weighted by Gasteiger charge is 2.68. The summed E-state index contributed by atoms with van der Waals surface area (Å²) in [7, 11) is 0. The molecule has 4 aliphatic rings. The summed E-state index contributed by atoms with van der Waals surface area (Å²) in [5.41, 5.74) is 0.383. The number of fused-ring (bicyclic) bond motifs is 6. The van der Waals surface area contributed by atoms with Crippen molar-refractivity contribution in [3.63, 3.8) is 0 Å². The highest BCUT2D eigenvalue weighted by molar-refractivity contribution is 7.99. The second kappa shape index (κ2) is 7.87. The summed E-state index contributed by atoms with van der Waals surface area (Å²) in [6.07, 6.45) is 6.10. The number of hydrogen-bond donors (Lipinski definition) is 2. The molecular weight excluding hydrogens is 460 g/mol. The molecule has 4 aliphatic carbocycles. The molecule has 0 bridgehead atoms. The molecule has 184 valence electrons. The van der Waals surface area contributed by atoms with Gasteiger partial charge in [0.2, 0.25) is 0 Å². The van der Waals surface area contributed by atoms with Gasteiger partial charge in [-0.15, -0.1) is 0 Å². The number of H-pyrrole nitrogens is 1. The molecule has 35 heavy (non-hydrogen) atoms. The number of carbonyl (C=O) groups excluding carboxylic acids is 3. The summed E-state index contributed by atoms with van der Waals surface area (Å²) in [6.45, 7) is 4.14. The van der Waals surface area contributed by atoms with E-state index in [1.165, 1.54) is 11.8 Å². The van der Waals surface area contributed by atoms with Crippen molar-refractivity contribution in [2.45, 2.75) is 69.6 Å². The summed E-state index contributed by atoms with van der Waals surface area (Å²) in [6, 6.07) is 7.73. The molecule has 0 aliphatic heterocycles. The van der Waals surface area contributed by atoms with E-state index in [0.29, 0.717) is 18.0 Å². The van der Waals surface area contributed by atoms with Crippen LogP contribution in [0.1, 0.15) is 58.8 Å². The maximum atomic E-state index is 13.8. The zero-order chi connectivity index (χ0) is 24.6. The van der Waals surface area contributed by atoms with Crippen molar-refractivity contribution < 1.29 is 19.5 Å². The Labute approximate surface area is 209 Å². The van der Waals surface area contributed by atoms with E-state index in [-0.39, 0.29) is 52.7 Å². The lowest BCUT2D eigenvalue weighted by Gasteiger charge is -2.57. The van der Waals surface area contributed by atoms with Crippen LogP contribution in [0.25, 0.3) is 11.0 Å². The number of nitrogens with one attached hydrogen (secondary N) is 1. The van der Waals surface area contributed by atoms with Gasteiger partial charge in [-0.1, -0.05) is 43.3 Å². The van der Waals surface area contributed by atoms with Gasteiger partial charge in [0.05, 0.1) is 16.8 Å². The number of aromatic amines is 1. The number of aromatic nitrogens is 2. The van der Waals surface area contributed by atoms with E-state index in [1.807, 2.05) is 31.2 Å². The number of hydrogen-bond acceptors (Lipinski definition) is 6. The Morgan fingerprint density at radius 1 is 1.17 bits per heavy atom. The zero-order valence-corrected chi connectivity index (χ0v) is 21.1. The largest absolute Gasteiger partial charge is 0.381 e. The molecule has 2 N–H and O–H groups in total. The minimum atomic E-state index is -1.50. The Kier molecular flexibility index (Phi) is 5.21. The average molecular weight is 493 g/mol. The van der Waals surface area contributed by atoms with E-state index in [1.54, 1.807) is 6.08 Å². The molecule has 3 fully saturated rings. The van der Waals surface area contributed by atoms with Crippen molar-refractivity contribution in [2.75, 3.05) is 5.75 Å². The number of benzene rings is 1. The molecule has 1 aromatic heterocycles. The van der Waals surface area contributed by atoms with E-state index >= 15 is 0 Å². The van der Waals surface area contributed by atoms with Crippen molar-refractivity contribution in [1.82, 2.24) is 9.97 Å². The Morgan fingerprint density at radius 2 is 1.97 bits per heavy atom. The summed E-state index contributed by atoms with van der Waals surface area (Å²) < 4.78 is 0. The van der Waals surface area contributed by atoms with Gasteiger partial charge < -0.3 is 10.1 Å². The smallest absolute Gasteiger partial charge is 0.175 e. The second-order valence-electron chi connectivity index (χ2n) is 11.6. The van der Waals surface area contributed by atoms with Crippen molar-refractivity contribution in [2.24, 2.45) is 28.6 Å². The molecule has 1 heterocycles. The van der Waals surface area contributed by atoms with Gasteiger partial charge in [0.25, 0.3) is 0 Å². The number of ketones is 3. The predicted molar refractivity (Wildman–Crippen MR) is 134 cm³/mol. The highest BCUT2D eigenvalue weighted by atomic mass is 32.2. The second-order valence-corrected chi connectivity index (χ2v) is 12.5. The number of Topliss-reactive ketones (excluding diaryl/α,β-unsaturated/α-hetero) is 2. The van der Waals surface area contributed by atoms with Crippen LogP contribution < -0.4 is 0 Å². The van der Waals surface area contributed by atoms with Gasteiger partial charge in [-0.2, -0.15) is 0 Å². The van der Waals surface area contributed by atoms with Crippen LogP contribution in [0, 0.1) is 28.6 Å². The van der Waals surface area contributed by atoms with Crippen molar-refractivity contribution in [1.29, 1.82) is 0 Å². The fourth-order valence-electron chi connectivity index (χ4n) is 8.10. The number of carbonyl (C=O) groups is 3. The monoisotopic (exact) mass is 492 g/mol. The lowest BCUT2D eigenvalue weighted by Crippen LogP contribution is -2.60. The number of imidazole rings is 1. The van der Waals surface area contributed by atoms with Crippen LogP contribution in [0.2, 0.25) is 0 Å². The van der Waals surface area contributed by atoms with Crippen molar-refractivity contribution in [3.8, 4) is 0 Å². The van der Waals surface area contributed by atoms with E-state index in [4.69, 9.17) is 0 Å². The fraction of sp³-hybridized carbons (Fsp3) is 0.571. The molecule has 6 atom stereocenters. The third kappa shape index (κ3) is 3.27. The molecule has 0 amide bonds. The number of rotatable bonds is 4. The van der Waals surface area contributed by atoms with Gasteiger partial charge in [-0.25, -0.2) is 4.98 Å². The molecule has 7 heteroatoms. The van der Waals surface area contributed by atoms with Crippen LogP contribution in [0.4, 0.5) is 0 Å². The first-order valence-electron chi connectivity index (χ1n) is 12.8. The van der Waals surface area contributed by atoms with Crippen molar-refractivity contribution in [3.05, 3.63) is 35.9 Å². The molecule has 2 aromatic rings. The van der Waals surface area contributed by atoms with Crippen LogP contribution in [-0.2, 0) is 14.4 Å². The first kappa shape index (κ1) is 23.2. The first-order chi connectivity index (χ1) is 16.7. The average Bonchev–Trinajstić information content (AvgIpc) is 3.36. The first-order valence-corrected chi connectivity index (χ1v) is 13.7. The van der Waals surface area contributed by atoms with Crippen LogP contribution >= 0.6 is 11.8 Å². The van der Waals surface area contributed by atoms with Gasteiger partial charge in [-0.05, 0) is 67.6 Å². The summed E-state index contributed by atoms with van der Waals surface area (Å²) in [5, 5.41) is 12.5. The van der Waals surface area contributed by atoms with Gasteiger partial charge in [0.15, 0.2) is 16.7 Å². The lowest BCUT2D eigenvalue weighted by atomic mass is 9.46. The summed E-state index contributed by atoms with van der Waals surface area (Å²) in [4.78, 5) is 47.1. The maximum absolute atomic E-state index is 13.8. The molecule has 5 unspecified atom stereocenters. The molecule has 1 aromatic carbocycles. The van der Waals surface area contributed by atoms with E-state index < -0.39 is 11.0 Å². The fourth-order valence-corrected chi connectivity index (χ4v) is 8.95. The number of nitrogens with zero attached hydrogens (tertiary/aromatic N) is 1. The molecule has 0 saturated heterocycles. The van der Waals surface area contributed by atoms with Gasteiger partial charge >= 0.3 is 0 Å². The lowest BCUT2D eigenvalue weighted by molar-refractivity contribution is -0.167. The van der Waals surface area contributed by atoms with Gasteiger partial charge in [-0.3, -0.25) is 14.4 Å². The zero-order valence-electron chi connectivity index (χ0n) is 20.3. The summed E-state index contributed by atoms with van der Waals surface area (Å²) in [5.74, 6) is 0.420. The van der Waals surface area contributed by atoms with Crippen molar-refractivity contribution >= 4 is 40.1 Å². The number of aliphatic hydroxyl groups is 1. The molecule has 6 rings (SSSR count). The van der Waals surface area contributed by atoms with Gasteiger partial charge in [0, 0.05) is 24.2 Å². The van der Waals surface area contributed by atoms with Crippen LogP contribution in [-0.4, -0.2) is 43.8 Å². The normalized spacial score (nSPS) is 38.6. The topological polar surface area (TPSA) is 100 Å². The number of thioether (sulfide) groups is 1. The van der Waals surface area contributed by atoms with E-state index in [2.05, 4.69) is 16.9 Å². The minimum Gasteiger partial charge on any atom is -0.381 e. The highest BCUT2D eigenvalue weighted by Crippen LogP contribution is 2.66. The summed E-state index contributed by atoms with van der Waals surface area (Å²) >= 11 is 1.32. The van der Waals surface area contributed by atoms with E-state index in [9.17, 15) is 19.5 Å². The molecule has 6 nitrogen and oxygen atoms in total. The Hall–Kier alpha value is -2.25. The Balaban J connectivity index is 1.25. The van der Waals surface area contributed by atoms with Crippen LogP contribution in [0.3, 0.4) is 0 Å².